The molecule has 0 radical (unpaired) electrons. The summed E-state index contributed by atoms with van der Waals surface area (Å²) in [6, 6.07) is 0. The first-order valence-corrected chi connectivity index (χ1v) is 7.73. The van der Waals surface area contributed by atoms with Crippen LogP contribution in [0.25, 0.3) is 0 Å². The number of nitrogens with zero attached hydrogens (tertiary/aromatic N) is 1. The van der Waals surface area contributed by atoms with Gasteiger partial charge in [-0.2, -0.15) is 0 Å². The SMILES string of the molecule is CC.CCCCOCC.CN(C)CCCNCCO. The molecule has 0 saturated carbocycles. The molecule has 4 heteroatoms. The van der Waals surface area contributed by atoms with E-state index in [9.17, 15) is 0 Å². The zero-order valence-electron chi connectivity index (χ0n) is 14.2. The molecule has 0 rings (SSSR count). The summed E-state index contributed by atoms with van der Waals surface area (Å²) in [6.07, 6.45) is 3.58. The van der Waals surface area contributed by atoms with E-state index in [1.807, 2.05) is 20.8 Å². The molecule has 0 saturated heterocycles. The second kappa shape index (κ2) is 26.4. The highest BCUT2D eigenvalue weighted by molar-refractivity contribution is 4.48. The van der Waals surface area contributed by atoms with Crippen molar-refractivity contribution in [2.75, 3.05) is 53.6 Å². The van der Waals surface area contributed by atoms with E-state index in [0.29, 0.717) is 6.54 Å². The highest BCUT2D eigenvalue weighted by atomic mass is 16.5. The maximum Gasteiger partial charge on any atom is 0.0555 e. The van der Waals surface area contributed by atoms with Crippen molar-refractivity contribution in [3.8, 4) is 0 Å². The lowest BCUT2D eigenvalue weighted by molar-refractivity contribution is 0.144. The molecule has 0 aromatic rings. The first-order valence-electron chi connectivity index (χ1n) is 7.73. The van der Waals surface area contributed by atoms with Gasteiger partial charge in [-0.15, -0.1) is 0 Å². The molecule has 0 fully saturated rings. The summed E-state index contributed by atoms with van der Waals surface area (Å²) in [5.41, 5.74) is 0. The fraction of sp³-hybridized carbons (Fsp3) is 1.00. The van der Waals surface area contributed by atoms with Crippen LogP contribution in [0.1, 0.15) is 47.0 Å². The summed E-state index contributed by atoms with van der Waals surface area (Å²) in [5.74, 6) is 0. The quantitative estimate of drug-likeness (QED) is 0.602. The molecule has 0 amide bonds. The van der Waals surface area contributed by atoms with E-state index < -0.39 is 0 Å². The molecule has 0 bridgehead atoms. The van der Waals surface area contributed by atoms with Gasteiger partial charge in [0.1, 0.15) is 0 Å². The number of unbranched alkanes of at least 4 members (excludes halogenated alkanes) is 1. The van der Waals surface area contributed by atoms with Crippen LogP contribution in [0.3, 0.4) is 0 Å². The van der Waals surface area contributed by atoms with Crippen LogP contribution in [-0.2, 0) is 4.74 Å². The van der Waals surface area contributed by atoms with Crippen molar-refractivity contribution in [3.63, 3.8) is 0 Å². The summed E-state index contributed by atoms with van der Waals surface area (Å²) in [7, 11) is 4.12. The number of rotatable bonds is 10. The van der Waals surface area contributed by atoms with Crippen molar-refractivity contribution < 1.29 is 9.84 Å². The Morgan fingerprint density at radius 2 is 1.68 bits per heavy atom. The predicted molar refractivity (Wildman–Crippen MR) is 85.9 cm³/mol. The minimum Gasteiger partial charge on any atom is -0.395 e. The van der Waals surface area contributed by atoms with E-state index >= 15 is 0 Å². The Labute approximate surface area is 121 Å². The normalized spacial score (nSPS) is 9.47. The second-order valence-electron chi connectivity index (χ2n) is 4.18. The number of ether oxygens (including phenoxy) is 1. The summed E-state index contributed by atoms with van der Waals surface area (Å²) in [5, 5.41) is 11.5. The third-order valence-electron chi connectivity index (χ3n) is 2.09. The lowest BCUT2D eigenvalue weighted by Crippen LogP contribution is -2.23. The van der Waals surface area contributed by atoms with Crippen LogP contribution in [0.4, 0.5) is 0 Å². The van der Waals surface area contributed by atoms with E-state index in [1.165, 1.54) is 12.8 Å². The number of aliphatic hydroxyl groups is 1. The number of nitrogens with one attached hydrogen (secondary N) is 1. The topological polar surface area (TPSA) is 44.7 Å². The molecule has 0 unspecified atom stereocenters. The molecule has 0 heterocycles. The van der Waals surface area contributed by atoms with E-state index in [1.54, 1.807) is 0 Å². The van der Waals surface area contributed by atoms with Gasteiger partial charge in [0.25, 0.3) is 0 Å². The van der Waals surface area contributed by atoms with Gasteiger partial charge in [0.2, 0.25) is 0 Å². The zero-order valence-corrected chi connectivity index (χ0v) is 14.2. The van der Waals surface area contributed by atoms with Gasteiger partial charge in [-0.1, -0.05) is 27.2 Å². The lowest BCUT2D eigenvalue weighted by atomic mass is 10.4. The Morgan fingerprint density at radius 3 is 2.11 bits per heavy atom. The standard InChI is InChI=1S/C7H18N2O.C6H14O.C2H6/c1-9(2)6-3-4-8-5-7-10;1-3-5-6-7-4-2;1-2/h8,10H,3-7H2,1-2H3;3-6H2,1-2H3;1-2H3. The van der Waals surface area contributed by atoms with Gasteiger partial charge in [-0.3, -0.25) is 0 Å². The van der Waals surface area contributed by atoms with Gasteiger partial charge < -0.3 is 20.1 Å². The van der Waals surface area contributed by atoms with Crippen LogP contribution in [0.2, 0.25) is 0 Å². The van der Waals surface area contributed by atoms with Crippen molar-refractivity contribution in [1.29, 1.82) is 0 Å². The molecule has 2 N–H and O–H groups in total. The Kier molecular flexibility index (Phi) is 33.2. The van der Waals surface area contributed by atoms with Gasteiger partial charge in [0, 0.05) is 19.8 Å². The van der Waals surface area contributed by atoms with Gasteiger partial charge >= 0.3 is 0 Å². The van der Waals surface area contributed by atoms with E-state index in [4.69, 9.17) is 9.84 Å². The molecular weight excluding hydrogens is 240 g/mol. The summed E-state index contributed by atoms with van der Waals surface area (Å²) < 4.78 is 5.07. The van der Waals surface area contributed by atoms with Crippen LogP contribution in [-0.4, -0.2) is 63.6 Å². The molecule has 0 spiro atoms. The predicted octanol–water partition coefficient (Wildman–Crippen LogP) is 2.37. The molecule has 0 aliphatic rings. The van der Waals surface area contributed by atoms with Gasteiger partial charge in [-0.05, 0) is 47.0 Å². The van der Waals surface area contributed by atoms with E-state index in [-0.39, 0.29) is 6.61 Å². The number of hydrogen-bond acceptors (Lipinski definition) is 4. The monoisotopic (exact) mass is 278 g/mol. The molecule has 0 aromatic carbocycles. The zero-order chi connectivity index (χ0) is 15.4. The molecule has 0 atom stereocenters. The molecular formula is C15H38N2O2. The average molecular weight is 278 g/mol. The minimum atomic E-state index is 0.238. The molecule has 19 heavy (non-hydrogen) atoms. The average Bonchev–Trinajstić information content (AvgIpc) is 2.42. The second-order valence-corrected chi connectivity index (χ2v) is 4.18. The highest BCUT2D eigenvalue weighted by Gasteiger charge is 1.88. The first-order chi connectivity index (χ1) is 9.18. The van der Waals surface area contributed by atoms with Crippen molar-refractivity contribution >= 4 is 0 Å². The van der Waals surface area contributed by atoms with Crippen LogP contribution in [0.15, 0.2) is 0 Å². The van der Waals surface area contributed by atoms with Gasteiger partial charge in [0.15, 0.2) is 0 Å². The molecule has 0 aromatic heterocycles. The Hall–Kier alpha value is -0.160. The molecule has 120 valence electrons. The van der Waals surface area contributed by atoms with Crippen LogP contribution < -0.4 is 5.32 Å². The van der Waals surface area contributed by atoms with Crippen LogP contribution in [0, 0.1) is 0 Å². The largest absolute Gasteiger partial charge is 0.395 e. The van der Waals surface area contributed by atoms with Crippen molar-refractivity contribution in [2.45, 2.75) is 47.0 Å². The van der Waals surface area contributed by atoms with Crippen molar-refractivity contribution in [3.05, 3.63) is 0 Å². The maximum absolute atomic E-state index is 8.40. The first kappa shape index (κ1) is 23.9. The molecule has 0 aliphatic carbocycles. The van der Waals surface area contributed by atoms with Gasteiger partial charge in [-0.25, -0.2) is 0 Å². The molecule has 0 aliphatic heterocycles. The van der Waals surface area contributed by atoms with Crippen molar-refractivity contribution in [1.82, 2.24) is 10.2 Å². The third kappa shape index (κ3) is 38.1. The van der Waals surface area contributed by atoms with Gasteiger partial charge in [0.05, 0.1) is 6.61 Å². The summed E-state index contributed by atoms with van der Waals surface area (Å²) in [6.45, 7) is 13.0. The van der Waals surface area contributed by atoms with Crippen LogP contribution in [0.5, 0.6) is 0 Å². The highest BCUT2D eigenvalue weighted by Crippen LogP contribution is 1.85. The number of aliphatic hydroxyl groups excluding tert-OH is 1. The summed E-state index contributed by atoms with van der Waals surface area (Å²) in [4.78, 5) is 2.15. The maximum atomic E-state index is 8.40. The van der Waals surface area contributed by atoms with E-state index in [0.717, 1.165) is 32.7 Å². The Morgan fingerprint density at radius 1 is 1.05 bits per heavy atom. The smallest absolute Gasteiger partial charge is 0.0555 e. The fourth-order valence-corrected chi connectivity index (χ4v) is 1.12. The van der Waals surface area contributed by atoms with Crippen molar-refractivity contribution in [2.24, 2.45) is 0 Å². The van der Waals surface area contributed by atoms with E-state index in [2.05, 4.69) is 31.2 Å². The lowest BCUT2D eigenvalue weighted by Gasteiger charge is -2.08. The number of hydrogen-bond donors (Lipinski definition) is 2. The minimum absolute atomic E-state index is 0.238. The fourth-order valence-electron chi connectivity index (χ4n) is 1.12. The Balaban J connectivity index is -0.000000249. The third-order valence-corrected chi connectivity index (χ3v) is 2.09. The molecule has 4 nitrogen and oxygen atoms in total. The summed E-state index contributed by atoms with van der Waals surface area (Å²) >= 11 is 0. The van der Waals surface area contributed by atoms with Crippen LogP contribution >= 0.6 is 0 Å². The Bertz CT molecular complexity index is 119.